The number of nitrogens with zero attached hydrogens (tertiary/aromatic N) is 1. The van der Waals surface area contributed by atoms with Gasteiger partial charge in [0, 0.05) is 15.7 Å². The number of carbonyl (C=O) groups is 3. The second-order valence-electron chi connectivity index (χ2n) is 6.87. The molecule has 1 aliphatic rings. The molecule has 0 spiro atoms. The lowest BCUT2D eigenvalue weighted by Crippen LogP contribution is -2.32. The Morgan fingerprint density at radius 2 is 1.55 bits per heavy atom. The van der Waals surface area contributed by atoms with E-state index in [0.29, 0.717) is 22.0 Å². The molecule has 166 valence electrons. The number of rotatable bonds is 5. The quantitative estimate of drug-likeness (QED) is 0.349. The van der Waals surface area contributed by atoms with E-state index in [4.69, 9.17) is 34.8 Å². The molecule has 3 amide bonds. The van der Waals surface area contributed by atoms with Crippen LogP contribution in [0.1, 0.15) is 10.4 Å². The number of carbonyl (C=O) groups excluding carboxylic acids is 3. The van der Waals surface area contributed by atoms with Gasteiger partial charge in [-0.3, -0.25) is 14.4 Å². The molecule has 0 atom stereocenters. The molecule has 33 heavy (non-hydrogen) atoms. The van der Waals surface area contributed by atoms with Gasteiger partial charge < -0.3 is 10.6 Å². The number of hydrogen-bond donors (Lipinski definition) is 2. The van der Waals surface area contributed by atoms with Crippen LogP contribution in [0.25, 0.3) is 0 Å². The number of nitrogens with one attached hydrogen (secondary N) is 2. The number of halogens is 4. The molecular formula is C23H13BrCl3N3O3. The van der Waals surface area contributed by atoms with E-state index in [1.165, 1.54) is 18.2 Å². The van der Waals surface area contributed by atoms with Crippen molar-refractivity contribution in [3.63, 3.8) is 0 Å². The van der Waals surface area contributed by atoms with Crippen molar-refractivity contribution < 1.29 is 14.4 Å². The first-order chi connectivity index (χ1) is 15.8. The molecule has 0 saturated carbocycles. The van der Waals surface area contributed by atoms with Crippen LogP contribution in [0.3, 0.4) is 0 Å². The van der Waals surface area contributed by atoms with Gasteiger partial charge in [-0.2, -0.15) is 0 Å². The van der Waals surface area contributed by atoms with Gasteiger partial charge in [0.2, 0.25) is 0 Å². The SMILES string of the molecule is O=C(Nc1ccccc1Br)c1ccc(NC2=C(Cl)C(=O)N(c3ccc(Cl)c(Cl)c3)C2=O)cc1. The van der Waals surface area contributed by atoms with Gasteiger partial charge >= 0.3 is 0 Å². The first-order valence-corrected chi connectivity index (χ1v) is 11.4. The minimum absolute atomic E-state index is 0.0850. The van der Waals surface area contributed by atoms with Gasteiger partial charge in [-0.05, 0) is 70.5 Å². The largest absolute Gasteiger partial charge is 0.350 e. The highest BCUT2D eigenvalue weighted by Crippen LogP contribution is 2.33. The number of para-hydroxylation sites is 1. The fourth-order valence-electron chi connectivity index (χ4n) is 3.08. The van der Waals surface area contributed by atoms with Crippen molar-refractivity contribution in [3.05, 3.63) is 97.5 Å². The van der Waals surface area contributed by atoms with Gasteiger partial charge in [-0.1, -0.05) is 46.9 Å². The van der Waals surface area contributed by atoms with Gasteiger partial charge in [-0.15, -0.1) is 0 Å². The minimum atomic E-state index is -0.688. The van der Waals surface area contributed by atoms with Crippen LogP contribution in [0.5, 0.6) is 0 Å². The maximum absolute atomic E-state index is 12.9. The Hall–Kier alpha value is -2.84. The van der Waals surface area contributed by atoms with Crippen molar-refractivity contribution in [2.75, 3.05) is 15.5 Å². The van der Waals surface area contributed by atoms with Crippen LogP contribution in [0, 0.1) is 0 Å². The van der Waals surface area contributed by atoms with Crippen molar-refractivity contribution in [2.45, 2.75) is 0 Å². The highest BCUT2D eigenvalue weighted by Gasteiger charge is 2.39. The molecular weight excluding hydrogens is 553 g/mol. The smallest absolute Gasteiger partial charge is 0.283 e. The van der Waals surface area contributed by atoms with Crippen molar-refractivity contribution in [1.82, 2.24) is 0 Å². The Morgan fingerprint density at radius 3 is 2.21 bits per heavy atom. The van der Waals surface area contributed by atoms with Crippen LogP contribution in [0.2, 0.25) is 10.0 Å². The van der Waals surface area contributed by atoms with Crippen LogP contribution in [-0.2, 0) is 9.59 Å². The van der Waals surface area contributed by atoms with Crippen molar-refractivity contribution in [1.29, 1.82) is 0 Å². The summed E-state index contributed by atoms with van der Waals surface area (Å²) in [5.74, 6) is -1.63. The average Bonchev–Trinajstić information content (AvgIpc) is 3.01. The standard InChI is InChI=1S/C23H13BrCl3N3O3/c24-15-3-1-2-4-18(15)29-21(31)12-5-7-13(8-6-12)28-20-19(27)22(32)30(23(20)33)14-9-10-16(25)17(26)11-14/h1-11,28H,(H,29,31). The summed E-state index contributed by atoms with van der Waals surface area (Å²) in [4.78, 5) is 38.9. The predicted molar refractivity (Wildman–Crippen MR) is 134 cm³/mol. The molecule has 1 heterocycles. The Kier molecular flexibility index (Phi) is 6.76. The third kappa shape index (κ3) is 4.77. The van der Waals surface area contributed by atoms with Crippen LogP contribution < -0.4 is 15.5 Å². The first-order valence-electron chi connectivity index (χ1n) is 9.43. The highest BCUT2D eigenvalue weighted by molar-refractivity contribution is 9.10. The minimum Gasteiger partial charge on any atom is -0.350 e. The maximum atomic E-state index is 12.9. The summed E-state index contributed by atoms with van der Waals surface area (Å²) in [5, 5.41) is 5.90. The number of benzene rings is 3. The van der Waals surface area contributed by atoms with Crippen LogP contribution in [-0.4, -0.2) is 17.7 Å². The molecule has 1 aliphatic heterocycles. The van der Waals surface area contributed by atoms with Crippen molar-refractivity contribution >= 4 is 85.5 Å². The highest BCUT2D eigenvalue weighted by atomic mass is 79.9. The van der Waals surface area contributed by atoms with E-state index >= 15 is 0 Å². The Balaban J connectivity index is 1.50. The van der Waals surface area contributed by atoms with E-state index in [1.54, 1.807) is 30.3 Å². The lowest BCUT2D eigenvalue weighted by atomic mass is 10.2. The van der Waals surface area contributed by atoms with Gasteiger partial charge in [-0.25, -0.2) is 4.90 Å². The monoisotopic (exact) mass is 563 g/mol. The third-order valence-corrected chi connectivity index (χ3v) is 6.51. The van der Waals surface area contributed by atoms with Crippen LogP contribution in [0.15, 0.2) is 81.9 Å². The van der Waals surface area contributed by atoms with Gasteiger partial charge in [0.25, 0.3) is 17.7 Å². The van der Waals surface area contributed by atoms with Crippen molar-refractivity contribution in [3.8, 4) is 0 Å². The van der Waals surface area contributed by atoms with E-state index in [9.17, 15) is 14.4 Å². The fraction of sp³-hybridized carbons (Fsp3) is 0. The molecule has 3 aromatic rings. The number of hydrogen-bond acceptors (Lipinski definition) is 4. The van der Waals surface area contributed by atoms with E-state index in [-0.39, 0.29) is 27.3 Å². The summed E-state index contributed by atoms with van der Waals surface area (Å²) in [7, 11) is 0. The number of anilines is 3. The molecule has 3 aromatic carbocycles. The summed E-state index contributed by atoms with van der Waals surface area (Å²) in [6, 6.07) is 18.0. The summed E-state index contributed by atoms with van der Waals surface area (Å²) >= 11 is 21.5. The molecule has 4 rings (SSSR count). The molecule has 2 N–H and O–H groups in total. The zero-order valence-corrected chi connectivity index (χ0v) is 20.4. The maximum Gasteiger partial charge on any atom is 0.283 e. The zero-order chi connectivity index (χ0) is 23.7. The lowest BCUT2D eigenvalue weighted by Gasteiger charge is -2.15. The van der Waals surface area contributed by atoms with Gasteiger partial charge in [0.1, 0.15) is 10.7 Å². The molecule has 0 fully saturated rings. The van der Waals surface area contributed by atoms with E-state index in [1.807, 2.05) is 18.2 Å². The molecule has 0 aromatic heterocycles. The number of imide groups is 1. The molecule has 6 nitrogen and oxygen atoms in total. The topological polar surface area (TPSA) is 78.5 Å². The zero-order valence-electron chi connectivity index (χ0n) is 16.5. The summed E-state index contributed by atoms with van der Waals surface area (Å²) in [6.07, 6.45) is 0. The van der Waals surface area contributed by atoms with Crippen LogP contribution >= 0.6 is 50.7 Å². The Morgan fingerprint density at radius 1 is 0.848 bits per heavy atom. The average molecular weight is 566 g/mol. The molecule has 0 saturated heterocycles. The molecule has 0 bridgehead atoms. The molecule has 10 heteroatoms. The number of amides is 3. The first kappa shape index (κ1) is 23.3. The third-order valence-electron chi connectivity index (χ3n) is 4.73. The van der Waals surface area contributed by atoms with E-state index < -0.39 is 11.8 Å². The van der Waals surface area contributed by atoms with E-state index in [0.717, 1.165) is 9.37 Å². The second kappa shape index (κ2) is 9.57. The van der Waals surface area contributed by atoms with E-state index in [2.05, 4.69) is 26.6 Å². The normalized spacial score (nSPS) is 13.5. The van der Waals surface area contributed by atoms with Crippen LogP contribution in [0.4, 0.5) is 17.1 Å². The molecule has 0 radical (unpaired) electrons. The van der Waals surface area contributed by atoms with Gasteiger partial charge in [0.05, 0.1) is 21.4 Å². The molecule has 0 aliphatic carbocycles. The van der Waals surface area contributed by atoms with Gasteiger partial charge in [0.15, 0.2) is 0 Å². The predicted octanol–water partition coefficient (Wildman–Crippen LogP) is 6.44. The fourth-order valence-corrected chi connectivity index (χ4v) is 3.97. The van der Waals surface area contributed by atoms with Crippen molar-refractivity contribution in [2.24, 2.45) is 0 Å². The molecule has 0 unspecified atom stereocenters. The second-order valence-corrected chi connectivity index (χ2v) is 8.92. The summed E-state index contributed by atoms with van der Waals surface area (Å²) in [6.45, 7) is 0. The Bertz CT molecular complexity index is 1330. The summed E-state index contributed by atoms with van der Waals surface area (Å²) < 4.78 is 0.758. The summed E-state index contributed by atoms with van der Waals surface area (Å²) in [5.41, 5.74) is 1.67. The lowest BCUT2D eigenvalue weighted by molar-refractivity contribution is -0.120. The Labute approximate surface area is 212 Å².